The van der Waals surface area contributed by atoms with Gasteiger partial charge in [-0.3, -0.25) is 9.69 Å². The molecule has 1 heterocycles. The van der Waals surface area contributed by atoms with Gasteiger partial charge in [0.2, 0.25) is 5.91 Å². The fourth-order valence-corrected chi connectivity index (χ4v) is 1.06. The number of hydrogen-bond donors (Lipinski definition) is 0. The Hall–Kier alpha value is -1.10. The zero-order valence-electron chi connectivity index (χ0n) is 8.82. The highest BCUT2D eigenvalue weighted by Crippen LogP contribution is 2.12. The van der Waals surface area contributed by atoms with E-state index in [0.717, 1.165) is 0 Å². The number of epoxide rings is 1. The first-order chi connectivity index (χ1) is 6.56. The molecule has 0 spiro atoms. The lowest BCUT2D eigenvalue weighted by Crippen LogP contribution is -2.45. The van der Waals surface area contributed by atoms with Crippen LogP contribution in [-0.2, 0) is 9.53 Å². The monoisotopic (exact) mass is 200 g/mol. The summed E-state index contributed by atoms with van der Waals surface area (Å²) in [5.74, 6) is -0.231. The van der Waals surface area contributed by atoms with Crippen LogP contribution in [0.1, 0.15) is 13.8 Å². The van der Waals surface area contributed by atoms with E-state index < -0.39 is 0 Å². The zero-order valence-corrected chi connectivity index (χ0v) is 8.82. The molecule has 80 valence electrons. The van der Waals surface area contributed by atoms with E-state index in [0.29, 0.717) is 19.7 Å². The van der Waals surface area contributed by atoms with Crippen LogP contribution in [0.15, 0.2) is 0 Å². The SMILES string of the molecule is CCN(C)C(=O)N(CC1CO1)C(C)=O. The first kappa shape index (κ1) is 11.0. The van der Waals surface area contributed by atoms with Crippen LogP contribution in [0.2, 0.25) is 0 Å². The molecule has 0 aliphatic carbocycles. The third-order valence-electron chi connectivity index (χ3n) is 2.20. The maximum atomic E-state index is 11.7. The van der Waals surface area contributed by atoms with Crippen molar-refractivity contribution >= 4 is 11.9 Å². The Bertz CT molecular complexity index is 238. The van der Waals surface area contributed by atoms with Crippen molar-refractivity contribution in [1.29, 1.82) is 0 Å². The second kappa shape index (κ2) is 4.41. The van der Waals surface area contributed by atoms with Crippen molar-refractivity contribution in [2.45, 2.75) is 20.0 Å². The molecule has 5 heteroatoms. The zero-order chi connectivity index (χ0) is 10.7. The van der Waals surface area contributed by atoms with Crippen molar-refractivity contribution in [3.8, 4) is 0 Å². The van der Waals surface area contributed by atoms with Crippen molar-refractivity contribution in [1.82, 2.24) is 9.80 Å². The Balaban J connectivity index is 2.55. The number of amides is 3. The minimum Gasteiger partial charge on any atom is -0.371 e. The second-order valence-corrected chi connectivity index (χ2v) is 3.38. The quantitative estimate of drug-likeness (QED) is 0.616. The largest absolute Gasteiger partial charge is 0.371 e. The topological polar surface area (TPSA) is 53.2 Å². The number of ether oxygens (including phenoxy) is 1. The molecule has 0 N–H and O–H groups in total. The van der Waals surface area contributed by atoms with Crippen LogP contribution in [0.5, 0.6) is 0 Å². The minimum absolute atomic E-state index is 0.0492. The van der Waals surface area contributed by atoms with Gasteiger partial charge in [-0.1, -0.05) is 0 Å². The average Bonchev–Trinajstić information content (AvgIpc) is 2.95. The van der Waals surface area contributed by atoms with Crippen molar-refractivity contribution in [3.63, 3.8) is 0 Å². The lowest BCUT2D eigenvalue weighted by molar-refractivity contribution is -0.126. The summed E-state index contributed by atoms with van der Waals surface area (Å²) in [7, 11) is 1.67. The molecular weight excluding hydrogens is 184 g/mol. The summed E-state index contributed by atoms with van der Waals surface area (Å²) in [4.78, 5) is 25.6. The van der Waals surface area contributed by atoms with Gasteiger partial charge < -0.3 is 9.64 Å². The van der Waals surface area contributed by atoms with E-state index in [-0.39, 0.29) is 18.0 Å². The standard InChI is InChI=1S/C9H16N2O3/c1-4-10(3)9(13)11(7(2)12)5-8-6-14-8/h8H,4-6H2,1-3H3. The highest BCUT2D eigenvalue weighted by atomic mass is 16.6. The average molecular weight is 200 g/mol. The van der Waals surface area contributed by atoms with Gasteiger partial charge in [-0.15, -0.1) is 0 Å². The number of imide groups is 1. The number of carbonyl (C=O) groups excluding carboxylic acids is 2. The van der Waals surface area contributed by atoms with Crippen molar-refractivity contribution in [2.24, 2.45) is 0 Å². The van der Waals surface area contributed by atoms with Gasteiger partial charge in [-0.05, 0) is 6.92 Å². The molecule has 1 unspecified atom stereocenters. The van der Waals surface area contributed by atoms with Crippen molar-refractivity contribution < 1.29 is 14.3 Å². The number of nitrogens with zero attached hydrogens (tertiary/aromatic N) is 2. The first-order valence-electron chi connectivity index (χ1n) is 4.71. The van der Waals surface area contributed by atoms with E-state index in [2.05, 4.69) is 0 Å². The molecule has 1 aliphatic rings. The van der Waals surface area contributed by atoms with Gasteiger partial charge >= 0.3 is 6.03 Å². The van der Waals surface area contributed by atoms with E-state index in [1.165, 1.54) is 16.7 Å². The molecule has 3 amide bonds. The van der Waals surface area contributed by atoms with Gasteiger partial charge in [-0.25, -0.2) is 4.79 Å². The molecular formula is C9H16N2O3. The molecule has 0 radical (unpaired) electrons. The van der Waals surface area contributed by atoms with Gasteiger partial charge in [0, 0.05) is 20.5 Å². The van der Waals surface area contributed by atoms with E-state index in [4.69, 9.17) is 4.74 Å². The van der Waals surface area contributed by atoms with Crippen LogP contribution in [0, 0.1) is 0 Å². The van der Waals surface area contributed by atoms with Crippen LogP contribution in [-0.4, -0.2) is 54.6 Å². The molecule has 0 bridgehead atoms. The molecule has 14 heavy (non-hydrogen) atoms. The summed E-state index contributed by atoms with van der Waals surface area (Å²) in [5.41, 5.74) is 0. The Morgan fingerprint density at radius 3 is 2.43 bits per heavy atom. The molecule has 1 saturated heterocycles. The molecule has 0 aromatic heterocycles. The minimum atomic E-state index is -0.254. The van der Waals surface area contributed by atoms with E-state index in [1.54, 1.807) is 7.05 Å². The highest BCUT2D eigenvalue weighted by Gasteiger charge is 2.30. The van der Waals surface area contributed by atoms with Crippen LogP contribution >= 0.6 is 0 Å². The normalized spacial score (nSPS) is 18.9. The lowest BCUT2D eigenvalue weighted by Gasteiger charge is -2.24. The van der Waals surface area contributed by atoms with Crippen LogP contribution in [0.3, 0.4) is 0 Å². The fraction of sp³-hybridized carbons (Fsp3) is 0.778. The summed E-state index contributed by atoms with van der Waals surface area (Å²) >= 11 is 0. The third kappa shape index (κ3) is 2.70. The predicted molar refractivity (Wildman–Crippen MR) is 50.8 cm³/mol. The molecule has 5 nitrogen and oxygen atoms in total. The van der Waals surface area contributed by atoms with Gasteiger partial charge in [0.05, 0.1) is 19.3 Å². The number of hydrogen-bond acceptors (Lipinski definition) is 3. The number of rotatable bonds is 3. The highest BCUT2D eigenvalue weighted by molar-refractivity contribution is 5.93. The van der Waals surface area contributed by atoms with Crippen molar-refractivity contribution in [3.05, 3.63) is 0 Å². The van der Waals surface area contributed by atoms with Crippen molar-refractivity contribution in [2.75, 3.05) is 26.7 Å². The summed E-state index contributed by atoms with van der Waals surface area (Å²) in [6.45, 7) is 4.87. The van der Waals surface area contributed by atoms with Gasteiger partial charge in [0.1, 0.15) is 0 Å². The third-order valence-corrected chi connectivity index (χ3v) is 2.20. The Kier molecular flexibility index (Phi) is 3.46. The van der Waals surface area contributed by atoms with Crippen LogP contribution in [0.25, 0.3) is 0 Å². The summed E-state index contributed by atoms with van der Waals surface area (Å²) in [6, 6.07) is -0.254. The second-order valence-electron chi connectivity index (χ2n) is 3.38. The maximum Gasteiger partial charge on any atom is 0.326 e. The molecule has 0 aromatic carbocycles. The lowest BCUT2D eigenvalue weighted by atomic mass is 10.4. The molecule has 0 aromatic rings. The van der Waals surface area contributed by atoms with E-state index >= 15 is 0 Å². The Morgan fingerprint density at radius 2 is 2.07 bits per heavy atom. The van der Waals surface area contributed by atoms with E-state index in [1.807, 2.05) is 6.92 Å². The van der Waals surface area contributed by atoms with Gasteiger partial charge in [0.25, 0.3) is 0 Å². The van der Waals surface area contributed by atoms with Gasteiger partial charge in [0.15, 0.2) is 0 Å². The summed E-state index contributed by atoms with van der Waals surface area (Å²) in [6.07, 6.45) is 0.0492. The Labute approximate surface area is 83.6 Å². The van der Waals surface area contributed by atoms with Gasteiger partial charge in [-0.2, -0.15) is 0 Å². The van der Waals surface area contributed by atoms with Crippen LogP contribution in [0.4, 0.5) is 4.79 Å². The molecule has 1 rings (SSSR count). The number of urea groups is 1. The smallest absolute Gasteiger partial charge is 0.326 e. The fourth-order valence-electron chi connectivity index (χ4n) is 1.06. The number of carbonyl (C=O) groups is 2. The molecule has 1 atom stereocenters. The summed E-state index contributed by atoms with van der Waals surface area (Å²) < 4.78 is 4.99. The molecule has 0 saturated carbocycles. The van der Waals surface area contributed by atoms with Crippen LogP contribution < -0.4 is 0 Å². The maximum absolute atomic E-state index is 11.7. The predicted octanol–water partition coefficient (Wildman–Crippen LogP) is 0.305. The molecule has 1 aliphatic heterocycles. The molecule has 1 fully saturated rings. The summed E-state index contributed by atoms with van der Waals surface area (Å²) in [5, 5.41) is 0. The first-order valence-corrected chi connectivity index (χ1v) is 4.71. The van der Waals surface area contributed by atoms with E-state index in [9.17, 15) is 9.59 Å². The Morgan fingerprint density at radius 1 is 1.50 bits per heavy atom.